The van der Waals surface area contributed by atoms with Gasteiger partial charge in [0.1, 0.15) is 0 Å². The molecule has 0 aromatic rings. The smallest absolute Gasteiger partial charge is 0.330 e. The van der Waals surface area contributed by atoms with Gasteiger partial charge < -0.3 is 9.47 Å². The van der Waals surface area contributed by atoms with E-state index in [1.807, 2.05) is 13.0 Å². The molecule has 86 valence electrons. The molecule has 0 saturated heterocycles. The standard InChI is InChI=1S/C12H20O3/c1-3-15-11-7-4-10(5-8-11)6-9-12(13)14-2/h6,9-11H,3-5,7-8H2,1-2H3/b9-6+. The van der Waals surface area contributed by atoms with Gasteiger partial charge in [0.25, 0.3) is 0 Å². The molecular formula is C12H20O3. The largest absolute Gasteiger partial charge is 0.466 e. The average molecular weight is 212 g/mol. The van der Waals surface area contributed by atoms with E-state index >= 15 is 0 Å². The summed E-state index contributed by atoms with van der Waals surface area (Å²) in [6.07, 6.45) is 8.35. The van der Waals surface area contributed by atoms with Crippen molar-refractivity contribution in [3.8, 4) is 0 Å². The number of carbonyl (C=O) groups excluding carboxylic acids is 1. The lowest BCUT2D eigenvalue weighted by Crippen LogP contribution is -2.20. The average Bonchev–Trinajstić information content (AvgIpc) is 2.28. The highest BCUT2D eigenvalue weighted by Crippen LogP contribution is 2.26. The van der Waals surface area contributed by atoms with E-state index in [1.54, 1.807) is 0 Å². The Kier molecular flexibility index (Phi) is 5.40. The molecule has 0 spiro atoms. The van der Waals surface area contributed by atoms with E-state index in [1.165, 1.54) is 13.2 Å². The molecule has 1 saturated carbocycles. The molecule has 1 aliphatic rings. The minimum Gasteiger partial charge on any atom is -0.466 e. The molecule has 0 atom stereocenters. The molecule has 0 radical (unpaired) electrons. The predicted molar refractivity (Wildman–Crippen MR) is 58.5 cm³/mol. The molecule has 1 rings (SSSR count). The molecule has 0 N–H and O–H groups in total. The number of rotatable bonds is 4. The third-order valence-electron chi connectivity index (χ3n) is 2.83. The van der Waals surface area contributed by atoms with Crippen molar-refractivity contribution in [2.45, 2.75) is 38.7 Å². The number of hydrogen-bond acceptors (Lipinski definition) is 3. The number of methoxy groups -OCH3 is 1. The summed E-state index contributed by atoms with van der Waals surface area (Å²) < 4.78 is 10.1. The Bertz CT molecular complexity index is 215. The highest BCUT2D eigenvalue weighted by molar-refractivity contribution is 5.81. The van der Waals surface area contributed by atoms with Gasteiger partial charge in [-0.05, 0) is 38.5 Å². The van der Waals surface area contributed by atoms with E-state index < -0.39 is 0 Å². The highest BCUT2D eigenvalue weighted by Gasteiger charge is 2.19. The Labute approximate surface area is 91.4 Å². The van der Waals surface area contributed by atoms with Gasteiger partial charge in [-0.2, -0.15) is 0 Å². The van der Waals surface area contributed by atoms with Gasteiger partial charge in [0.2, 0.25) is 0 Å². The molecule has 3 nitrogen and oxygen atoms in total. The summed E-state index contributed by atoms with van der Waals surface area (Å²) in [5.74, 6) is 0.253. The summed E-state index contributed by atoms with van der Waals surface area (Å²) in [6.45, 7) is 2.83. The van der Waals surface area contributed by atoms with Crippen LogP contribution in [0.15, 0.2) is 12.2 Å². The van der Waals surface area contributed by atoms with Crippen molar-refractivity contribution in [2.75, 3.05) is 13.7 Å². The molecule has 1 fully saturated rings. The lowest BCUT2D eigenvalue weighted by Gasteiger charge is -2.26. The zero-order chi connectivity index (χ0) is 11.1. The van der Waals surface area contributed by atoms with Crippen molar-refractivity contribution in [2.24, 2.45) is 5.92 Å². The fourth-order valence-electron chi connectivity index (χ4n) is 1.97. The van der Waals surface area contributed by atoms with Gasteiger partial charge in [-0.25, -0.2) is 4.79 Å². The van der Waals surface area contributed by atoms with Crippen molar-refractivity contribution in [3.05, 3.63) is 12.2 Å². The molecule has 0 amide bonds. The first kappa shape index (κ1) is 12.2. The molecule has 0 bridgehead atoms. The van der Waals surface area contributed by atoms with Crippen LogP contribution in [0.25, 0.3) is 0 Å². The maximum atomic E-state index is 10.9. The maximum absolute atomic E-state index is 10.9. The van der Waals surface area contributed by atoms with Crippen molar-refractivity contribution < 1.29 is 14.3 Å². The molecular weight excluding hydrogens is 192 g/mol. The van der Waals surface area contributed by atoms with E-state index in [0.717, 1.165) is 32.3 Å². The number of hydrogen-bond donors (Lipinski definition) is 0. The van der Waals surface area contributed by atoms with Crippen molar-refractivity contribution >= 4 is 5.97 Å². The third kappa shape index (κ3) is 4.47. The first-order valence-electron chi connectivity index (χ1n) is 5.64. The van der Waals surface area contributed by atoms with Crippen LogP contribution in [0.4, 0.5) is 0 Å². The van der Waals surface area contributed by atoms with Gasteiger partial charge in [-0.15, -0.1) is 0 Å². The molecule has 1 aliphatic carbocycles. The molecule has 0 unspecified atom stereocenters. The monoisotopic (exact) mass is 212 g/mol. The van der Waals surface area contributed by atoms with E-state index in [2.05, 4.69) is 4.74 Å². The van der Waals surface area contributed by atoms with Crippen molar-refractivity contribution in [3.63, 3.8) is 0 Å². The Morgan fingerprint density at radius 3 is 2.53 bits per heavy atom. The van der Waals surface area contributed by atoms with Crippen molar-refractivity contribution in [1.82, 2.24) is 0 Å². The van der Waals surface area contributed by atoms with Crippen LogP contribution in [0.2, 0.25) is 0 Å². The SMILES string of the molecule is CCOC1CCC(/C=C/C(=O)OC)CC1. The quantitative estimate of drug-likeness (QED) is 0.530. The summed E-state index contributed by atoms with van der Waals surface area (Å²) in [4.78, 5) is 10.9. The second kappa shape index (κ2) is 6.62. The minimum absolute atomic E-state index is 0.262. The first-order chi connectivity index (χ1) is 7.26. The minimum atomic E-state index is -0.262. The molecule has 0 aromatic carbocycles. The lowest BCUT2D eigenvalue weighted by atomic mass is 9.87. The Morgan fingerprint density at radius 1 is 1.33 bits per heavy atom. The summed E-state index contributed by atoms with van der Waals surface area (Å²) in [5.41, 5.74) is 0. The zero-order valence-corrected chi connectivity index (χ0v) is 9.57. The zero-order valence-electron chi connectivity index (χ0n) is 9.57. The number of esters is 1. The number of ether oxygens (including phenoxy) is 2. The normalized spacial score (nSPS) is 26.8. The van der Waals surface area contributed by atoms with E-state index in [9.17, 15) is 4.79 Å². The first-order valence-corrected chi connectivity index (χ1v) is 5.64. The van der Waals surface area contributed by atoms with Crippen molar-refractivity contribution in [1.29, 1.82) is 0 Å². The number of carbonyl (C=O) groups is 1. The Hall–Kier alpha value is -0.830. The Morgan fingerprint density at radius 2 is 2.00 bits per heavy atom. The van der Waals surface area contributed by atoms with E-state index in [0.29, 0.717) is 12.0 Å². The van der Waals surface area contributed by atoms with Gasteiger partial charge in [0, 0.05) is 12.7 Å². The molecule has 0 aliphatic heterocycles. The molecule has 3 heteroatoms. The van der Waals surface area contributed by atoms with Gasteiger partial charge >= 0.3 is 5.97 Å². The van der Waals surface area contributed by atoms with Crippen LogP contribution in [-0.4, -0.2) is 25.8 Å². The molecule has 15 heavy (non-hydrogen) atoms. The van der Waals surface area contributed by atoms with Crippen LogP contribution in [0.1, 0.15) is 32.6 Å². The summed E-state index contributed by atoms with van der Waals surface area (Å²) in [7, 11) is 1.40. The van der Waals surface area contributed by atoms with E-state index in [4.69, 9.17) is 4.74 Å². The fourth-order valence-corrected chi connectivity index (χ4v) is 1.97. The topological polar surface area (TPSA) is 35.5 Å². The van der Waals surface area contributed by atoms with Gasteiger partial charge in [0.15, 0.2) is 0 Å². The van der Waals surface area contributed by atoms with Crippen LogP contribution in [0.3, 0.4) is 0 Å². The van der Waals surface area contributed by atoms with Crippen LogP contribution in [-0.2, 0) is 14.3 Å². The Balaban J connectivity index is 2.25. The van der Waals surface area contributed by atoms with Gasteiger partial charge in [0.05, 0.1) is 13.2 Å². The fraction of sp³-hybridized carbons (Fsp3) is 0.750. The third-order valence-corrected chi connectivity index (χ3v) is 2.83. The number of allylic oxidation sites excluding steroid dienone is 1. The predicted octanol–water partition coefficient (Wildman–Crippen LogP) is 2.31. The van der Waals surface area contributed by atoms with Gasteiger partial charge in [-0.1, -0.05) is 6.08 Å². The van der Waals surface area contributed by atoms with E-state index in [-0.39, 0.29) is 5.97 Å². The second-order valence-corrected chi connectivity index (χ2v) is 3.87. The summed E-state index contributed by atoms with van der Waals surface area (Å²) in [6, 6.07) is 0. The summed E-state index contributed by atoms with van der Waals surface area (Å²) in [5, 5.41) is 0. The van der Waals surface area contributed by atoms with Crippen LogP contribution < -0.4 is 0 Å². The molecule has 0 heterocycles. The summed E-state index contributed by atoms with van der Waals surface area (Å²) >= 11 is 0. The van der Waals surface area contributed by atoms with Crippen LogP contribution >= 0.6 is 0 Å². The van der Waals surface area contributed by atoms with Crippen LogP contribution in [0, 0.1) is 5.92 Å². The maximum Gasteiger partial charge on any atom is 0.330 e. The van der Waals surface area contributed by atoms with Crippen LogP contribution in [0.5, 0.6) is 0 Å². The lowest BCUT2D eigenvalue weighted by molar-refractivity contribution is -0.134. The van der Waals surface area contributed by atoms with Gasteiger partial charge in [-0.3, -0.25) is 0 Å². The highest BCUT2D eigenvalue weighted by atomic mass is 16.5. The second-order valence-electron chi connectivity index (χ2n) is 3.87. The molecule has 0 aromatic heterocycles.